The molecule has 0 fully saturated rings. The zero-order valence-corrected chi connectivity index (χ0v) is 16.5. The van der Waals surface area contributed by atoms with Gasteiger partial charge in [-0.3, -0.25) is 4.79 Å². The van der Waals surface area contributed by atoms with E-state index in [0.717, 1.165) is 12.1 Å². The minimum atomic E-state index is -3.31. The third-order valence-corrected chi connectivity index (χ3v) is 6.93. The first-order chi connectivity index (χ1) is 11.6. The van der Waals surface area contributed by atoms with Gasteiger partial charge in [-0.05, 0) is 75.6 Å². The lowest BCUT2D eigenvalue weighted by molar-refractivity contribution is -0.116. The average Bonchev–Trinajstić information content (AvgIpc) is 2.87. The summed E-state index contributed by atoms with van der Waals surface area (Å²) >= 11 is 0. The van der Waals surface area contributed by atoms with Crippen molar-refractivity contribution in [3.05, 3.63) is 29.3 Å². The molecule has 6 heteroatoms. The molecule has 0 aromatic heterocycles. The first-order valence-electron chi connectivity index (χ1n) is 9.02. The van der Waals surface area contributed by atoms with Gasteiger partial charge in [0.2, 0.25) is 15.9 Å². The second kappa shape index (κ2) is 7.87. The quantitative estimate of drug-likeness (QED) is 0.725. The summed E-state index contributed by atoms with van der Waals surface area (Å²) < 4.78 is 25.6. The van der Waals surface area contributed by atoms with Gasteiger partial charge < -0.3 is 5.32 Å². The molecule has 1 aromatic carbocycles. The number of aryl methyl sites for hydroxylation is 1. The van der Waals surface area contributed by atoms with E-state index in [1.54, 1.807) is 20.8 Å². The van der Waals surface area contributed by atoms with E-state index in [1.807, 2.05) is 6.07 Å². The Morgan fingerprint density at radius 1 is 1.24 bits per heavy atom. The van der Waals surface area contributed by atoms with Crippen molar-refractivity contribution in [1.82, 2.24) is 4.72 Å². The Kier molecular flexibility index (Phi) is 6.27. The lowest BCUT2D eigenvalue weighted by atomic mass is 10.0. The lowest BCUT2D eigenvalue weighted by Crippen LogP contribution is -2.39. The van der Waals surface area contributed by atoms with E-state index in [9.17, 15) is 13.2 Å². The molecule has 0 radical (unpaired) electrons. The molecule has 0 saturated carbocycles. The maximum absolute atomic E-state index is 12.1. The topological polar surface area (TPSA) is 75.3 Å². The van der Waals surface area contributed by atoms with Crippen LogP contribution in [0.15, 0.2) is 18.2 Å². The van der Waals surface area contributed by atoms with Gasteiger partial charge in [0, 0.05) is 18.7 Å². The van der Waals surface area contributed by atoms with Crippen molar-refractivity contribution in [2.75, 3.05) is 11.9 Å². The van der Waals surface area contributed by atoms with E-state index >= 15 is 0 Å². The molecule has 140 valence electrons. The van der Waals surface area contributed by atoms with Gasteiger partial charge in [0.15, 0.2) is 0 Å². The maximum Gasteiger partial charge on any atom is 0.224 e. The van der Waals surface area contributed by atoms with E-state index in [-0.39, 0.29) is 5.91 Å². The third kappa shape index (κ3) is 5.28. The molecule has 5 nitrogen and oxygen atoms in total. The molecule has 1 aromatic rings. The van der Waals surface area contributed by atoms with Crippen molar-refractivity contribution in [2.24, 2.45) is 0 Å². The number of nitrogens with one attached hydrogen (secondary N) is 2. The van der Waals surface area contributed by atoms with Gasteiger partial charge in [0.25, 0.3) is 0 Å². The predicted molar refractivity (Wildman–Crippen MR) is 102 cm³/mol. The number of rotatable bonds is 7. The van der Waals surface area contributed by atoms with Gasteiger partial charge >= 0.3 is 0 Å². The largest absolute Gasteiger partial charge is 0.326 e. The second-order valence-corrected chi connectivity index (χ2v) is 10.4. The molecule has 0 spiro atoms. The summed E-state index contributed by atoms with van der Waals surface area (Å²) in [5, 5.41) is 2.95. The van der Waals surface area contributed by atoms with E-state index < -0.39 is 14.8 Å². The molecule has 1 aliphatic rings. The summed E-state index contributed by atoms with van der Waals surface area (Å²) in [7, 11) is -3.31. The molecule has 25 heavy (non-hydrogen) atoms. The zero-order chi connectivity index (χ0) is 18.7. The number of sulfonamides is 1. The number of hydrogen-bond acceptors (Lipinski definition) is 3. The summed E-state index contributed by atoms with van der Waals surface area (Å²) in [6, 6.07) is 6.16. The first kappa shape index (κ1) is 19.9. The van der Waals surface area contributed by atoms with Crippen LogP contribution in [0.4, 0.5) is 5.69 Å². The smallest absolute Gasteiger partial charge is 0.224 e. The number of fused-ring (bicyclic) bond motifs is 1. The molecule has 1 unspecified atom stereocenters. The normalized spacial score (nSPS) is 17.4. The van der Waals surface area contributed by atoms with Gasteiger partial charge in [0.05, 0.1) is 4.75 Å². The van der Waals surface area contributed by atoms with Crippen molar-refractivity contribution in [2.45, 2.75) is 70.5 Å². The molecule has 2 N–H and O–H groups in total. The van der Waals surface area contributed by atoms with Crippen LogP contribution < -0.4 is 10.0 Å². The molecule has 0 aliphatic heterocycles. The number of benzene rings is 1. The van der Waals surface area contributed by atoms with Crippen molar-refractivity contribution in [3.63, 3.8) is 0 Å². The number of carbonyl (C=O) groups is 1. The molecule has 2 rings (SSSR count). The van der Waals surface area contributed by atoms with Gasteiger partial charge in [-0.25, -0.2) is 13.1 Å². The van der Waals surface area contributed by atoms with Crippen LogP contribution in [0, 0.1) is 0 Å². The fourth-order valence-corrected chi connectivity index (χ4v) is 3.79. The molecular weight excluding hydrogens is 336 g/mol. The number of amides is 1. The first-order valence-corrected chi connectivity index (χ1v) is 10.5. The Bertz CT molecular complexity index is 721. The molecule has 0 heterocycles. The second-order valence-electron chi connectivity index (χ2n) is 7.87. The molecular formula is C19H30N2O3S. The molecule has 0 bridgehead atoms. The predicted octanol–water partition coefficient (Wildman–Crippen LogP) is 3.56. The standard InChI is InChI=1S/C19H30N2O3S/c1-14-8-9-15-10-11-16(13-17(14)15)21-18(22)7-5-6-12-20-25(23,24)19(2,3)4/h10-11,13-14,20H,5-9,12H2,1-4H3,(H,21,22). The van der Waals surface area contributed by atoms with Crippen molar-refractivity contribution < 1.29 is 13.2 Å². The van der Waals surface area contributed by atoms with Crippen LogP contribution >= 0.6 is 0 Å². The SMILES string of the molecule is CC1CCc2ccc(NC(=O)CCCCNS(=O)(=O)C(C)(C)C)cc21. The molecule has 0 saturated heterocycles. The highest BCUT2D eigenvalue weighted by Crippen LogP contribution is 2.34. The van der Waals surface area contributed by atoms with E-state index in [0.29, 0.717) is 31.7 Å². The molecule has 1 atom stereocenters. The highest BCUT2D eigenvalue weighted by atomic mass is 32.2. The number of anilines is 1. The van der Waals surface area contributed by atoms with Crippen LogP contribution in [-0.4, -0.2) is 25.6 Å². The monoisotopic (exact) mass is 366 g/mol. The van der Waals surface area contributed by atoms with Crippen LogP contribution in [0.3, 0.4) is 0 Å². The molecule has 1 amide bonds. The Morgan fingerprint density at radius 2 is 1.96 bits per heavy atom. The lowest BCUT2D eigenvalue weighted by Gasteiger charge is -2.19. The summed E-state index contributed by atoms with van der Waals surface area (Å²) in [6.07, 6.45) is 3.99. The van der Waals surface area contributed by atoms with Crippen molar-refractivity contribution in [1.29, 1.82) is 0 Å². The van der Waals surface area contributed by atoms with Crippen LogP contribution in [0.25, 0.3) is 0 Å². The Balaban J connectivity index is 1.72. The minimum absolute atomic E-state index is 0.0238. The van der Waals surface area contributed by atoms with E-state index in [2.05, 4.69) is 29.1 Å². The summed E-state index contributed by atoms with van der Waals surface area (Å²) in [5.41, 5.74) is 3.58. The van der Waals surface area contributed by atoms with Crippen molar-refractivity contribution in [3.8, 4) is 0 Å². The Hall–Kier alpha value is -1.40. The Labute approximate surface area is 151 Å². The van der Waals surface area contributed by atoms with Gasteiger partial charge in [-0.15, -0.1) is 0 Å². The van der Waals surface area contributed by atoms with Crippen LogP contribution in [0.2, 0.25) is 0 Å². The number of unbranched alkanes of at least 4 members (excludes halogenated alkanes) is 1. The zero-order valence-electron chi connectivity index (χ0n) is 15.7. The van der Waals surface area contributed by atoms with E-state index in [4.69, 9.17) is 0 Å². The molecule has 1 aliphatic carbocycles. The summed E-state index contributed by atoms with van der Waals surface area (Å²) in [4.78, 5) is 12.1. The average molecular weight is 367 g/mol. The summed E-state index contributed by atoms with van der Waals surface area (Å²) in [5.74, 6) is 0.534. The number of hydrogen-bond donors (Lipinski definition) is 2. The highest BCUT2D eigenvalue weighted by molar-refractivity contribution is 7.90. The minimum Gasteiger partial charge on any atom is -0.326 e. The van der Waals surface area contributed by atoms with Crippen LogP contribution in [0.5, 0.6) is 0 Å². The maximum atomic E-state index is 12.1. The number of carbonyl (C=O) groups excluding carboxylic acids is 1. The van der Waals surface area contributed by atoms with Gasteiger partial charge in [-0.2, -0.15) is 0 Å². The third-order valence-electron chi connectivity index (χ3n) is 4.74. The fraction of sp³-hybridized carbons (Fsp3) is 0.632. The van der Waals surface area contributed by atoms with Crippen molar-refractivity contribution >= 4 is 21.6 Å². The Morgan fingerprint density at radius 3 is 2.64 bits per heavy atom. The summed E-state index contributed by atoms with van der Waals surface area (Å²) in [6.45, 7) is 7.58. The fourth-order valence-electron chi connectivity index (χ4n) is 2.94. The van der Waals surface area contributed by atoms with Crippen LogP contribution in [0.1, 0.15) is 70.4 Å². The van der Waals surface area contributed by atoms with Crippen LogP contribution in [-0.2, 0) is 21.2 Å². The van der Waals surface area contributed by atoms with E-state index in [1.165, 1.54) is 17.5 Å². The highest BCUT2D eigenvalue weighted by Gasteiger charge is 2.28. The van der Waals surface area contributed by atoms with Gasteiger partial charge in [0.1, 0.15) is 0 Å². The van der Waals surface area contributed by atoms with Gasteiger partial charge in [-0.1, -0.05) is 13.0 Å².